The molecule has 2 aromatic carbocycles. The number of anilines is 2. The van der Waals surface area contributed by atoms with E-state index in [0.717, 1.165) is 43.3 Å². The number of piperazine rings is 1. The summed E-state index contributed by atoms with van der Waals surface area (Å²) in [5, 5.41) is 3.09. The fourth-order valence-electron chi connectivity index (χ4n) is 3.55. The van der Waals surface area contributed by atoms with E-state index in [1.807, 2.05) is 36.4 Å². The summed E-state index contributed by atoms with van der Waals surface area (Å²) in [6, 6.07) is 16.1. The first-order valence-electron chi connectivity index (χ1n) is 9.57. The van der Waals surface area contributed by atoms with Crippen molar-refractivity contribution in [1.82, 2.24) is 4.90 Å². The van der Waals surface area contributed by atoms with E-state index in [4.69, 9.17) is 4.74 Å². The summed E-state index contributed by atoms with van der Waals surface area (Å²) >= 11 is 0. The van der Waals surface area contributed by atoms with Crippen molar-refractivity contribution in [1.29, 1.82) is 0 Å². The van der Waals surface area contributed by atoms with Gasteiger partial charge in [-0.05, 0) is 29.7 Å². The number of benzene rings is 2. The van der Waals surface area contributed by atoms with Crippen molar-refractivity contribution in [2.24, 2.45) is 0 Å². The summed E-state index contributed by atoms with van der Waals surface area (Å²) in [5.74, 6) is 1.33. The van der Waals surface area contributed by atoms with E-state index in [1.54, 1.807) is 7.11 Å². The molecule has 1 aliphatic heterocycles. The predicted octanol–water partition coefficient (Wildman–Crippen LogP) is 3.58. The molecule has 0 spiro atoms. The summed E-state index contributed by atoms with van der Waals surface area (Å²) in [4.78, 5) is 17.0. The molecule has 1 saturated heterocycles. The van der Waals surface area contributed by atoms with Crippen molar-refractivity contribution in [3.05, 3.63) is 54.1 Å². The second-order valence-corrected chi connectivity index (χ2v) is 7.23. The SMILES string of the molecule is COc1ccccc1N1CCN(CC(=O)Nc2ccccc2C(C)C)CC1. The second-order valence-electron chi connectivity index (χ2n) is 7.23. The lowest BCUT2D eigenvalue weighted by Crippen LogP contribution is -2.48. The maximum atomic E-state index is 12.5. The number of nitrogens with zero attached hydrogens (tertiary/aromatic N) is 2. The van der Waals surface area contributed by atoms with Crippen molar-refractivity contribution >= 4 is 17.3 Å². The van der Waals surface area contributed by atoms with Crippen molar-refractivity contribution in [3.8, 4) is 5.75 Å². The Balaban J connectivity index is 1.54. The van der Waals surface area contributed by atoms with Gasteiger partial charge in [-0.3, -0.25) is 9.69 Å². The summed E-state index contributed by atoms with van der Waals surface area (Å²) in [5.41, 5.74) is 3.21. The molecule has 0 unspecified atom stereocenters. The zero-order valence-corrected chi connectivity index (χ0v) is 16.4. The molecule has 0 atom stereocenters. The molecular formula is C22H29N3O2. The van der Waals surface area contributed by atoms with Crippen molar-refractivity contribution in [2.45, 2.75) is 19.8 Å². The van der Waals surface area contributed by atoms with Gasteiger partial charge in [0, 0.05) is 31.9 Å². The van der Waals surface area contributed by atoms with Crippen LogP contribution >= 0.6 is 0 Å². The Morgan fingerprint density at radius 3 is 2.41 bits per heavy atom. The average Bonchev–Trinajstić information content (AvgIpc) is 2.68. The molecule has 0 aromatic heterocycles. The van der Waals surface area contributed by atoms with Crippen LogP contribution in [-0.4, -0.2) is 50.6 Å². The highest BCUT2D eigenvalue weighted by atomic mass is 16.5. The highest BCUT2D eigenvalue weighted by Crippen LogP contribution is 2.28. The second kappa shape index (κ2) is 8.91. The van der Waals surface area contributed by atoms with Crippen molar-refractivity contribution < 1.29 is 9.53 Å². The molecule has 5 heteroatoms. The Morgan fingerprint density at radius 2 is 1.70 bits per heavy atom. The van der Waals surface area contributed by atoms with Crippen LogP contribution in [0.3, 0.4) is 0 Å². The Morgan fingerprint density at radius 1 is 1.04 bits per heavy atom. The molecule has 0 radical (unpaired) electrons. The van der Waals surface area contributed by atoms with Crippen LogP contribution in [0.4, 0.5) is 11.4 Å². The smallest absolute Gasteiger partial charge is 0.238 e. The summed E-state index contributed by atoms with van der Waals surface area (Å²) < 4.78 is 5.47. The van der Waals surface area contributed by atoms with Crippen LogP contribution in [0.5, 0.6) is 5.75 Å². The number of carbonyl (C=O) groups excluding carboxylic acids is 1. The number of hydrogen-bond acceptors (Lipinski definition) is 4. The molecule has 1 amide bonds. The normalized spacial score (nSPS) is 15.0. The van der Waals surface area contributed by atoms with Gasteiger partial charge in [-0.2, -0.15) is 0 Å². The van der Waals surface area contributed by atoms with Gasteiger partial charge in [0.15, 0.2) is 0 Å². The molecule has 0 aliphatic carbocycles. The third-order valence-electron chi connectivity index (χ3n) is 5.02. The monoisotopic (exact) mass is 367 g/mol. The molecule has 3 rings (SSSR count). The van der Waals surface area contributed by atoms with Gasteiger partial charge in [-0.1, -0.05) is 44.2 Å². The van der Waals surface area contributed by atoms with Gasteiger partial charge in [0.25, 0.3) is 0 Å². The third kappa shape index (κ3) is 4.80. The molecule has 1 fully saturated rings. The average molecular weight is 367 g/mol. The minimum absolute atomic E-state index is 0.0499. The first-order chi connectivity index (χ1) is 13.1. The van der Waals surface area contributed by atoms with Crippen LogP contribution in [0.2, 0.25) is 0 Å². The van der Waals surface area contributed by atoms with Crippen LogP contribution in [0, 0.1) is 0 Å². The number of amides is 1. The van der Waals surface area contributed by atoms with Gasteiger partial charge in [0.1, 0.15) is 5.75 Å². The molecule has 1 heterocycles. The number of hydrogen-bond donors (Lipinski definition) is 1. The van der Waals surface area contributed by atoms with Gasteiger partial charge >= 0.3 is 0 Å². The zero-order valence-electron chi connectivity index (χ0n) is 16.4. The number of methoxy groups -OCH3 is 1. The first-order valence-corrected chi connectivity index (χ1v) is 9.57. The summed E-state index contributed by atoms with van der Waals surface area (Å²) in [6.07, 6.45) is 0. The third-order valence-corrected chi connectivity index (χ3v) is 5.02. The van der Waals surface area contributed by atoms with E-state index in [-0.39, 0.29) is 5.91 Å². The number of nitrogens with one attached hydrogen (secondary N) is 1. The van der Waals surface area contributed by atoms with Gasteiger partial charge in [-0.15, -0.1) is 0 Å². The standard InChI is InChI=1S/C22H29N3O2/c1-17(2)18-8-4-5-9-19(18)23-22(26)16-24-12-14-25(15-13-24)20-10-6-7-11-21(20)27-3/h4-11,17H,12-16H2,1-3H3,(H,23,26). The van der Waals surface area contributed by atoms with Crippen LogP contribution in [-0.2, 0) is 4.79 Å². The molecule has 0 saturated carbocycles. The van der Waals surface area contributed by atoms with Gasteiger partial charge in [0.05, 0.1) is 19.3 Å². The molecule has 1 aliphatic rings. The fourth-order valence-corrected chi connectivity index (χ4v) is 3.55. The Labute approximate surface area is 161 Å². The Hall–Kier alpha value is -2.53. The van der Waals surface area contributed by atoms with Crippen LogP contribution in [0.25, 0.3) is 0 Å². The minimum Gasteiger partial charge on any atom is -0.495 e. The number of para-hydroxylation sites is 3. The predicted molar refractivity (Wildman–Crippen MR) is 111 cm³/mol. The highest BCUT2D eigenvalue weighted by Gasteiger charge is 2.21. The van der Waals surface area contributed by atoms with Gasteiger partial charge in [0.2, 0.25) is 5.91 Å². The van der Waals surface area contributed by atoms with E-state index in [1.165, 1.54) is 5.56 Å². The van der Waals surface area contributed by atoms with Crippen LogP contribution < -0.4 is 15.0 Å². The van der Waals surface area contributed by atoms with Crippen LogP contribution in [0.15, 0.2) is 48.5 Å². The van der Waals surface area contributed by atoms with Gasteiger partial charge < -0.3 is 15.0 Å². The van der Waals surface area contributed by atoms with E-state index < -0.39 is 0 Å². The lowest BCUT2D eigenvalue weighted by Gasteiger charge is -2.36. The van der Waals surface area contributed by atoms with E-state index in [0.29, 0.717) is 12.5 Å². The Bertz CT molecular complexity index is 768. The summed E-state index contributed by atoms with van der Waals surface area (Å²) in [6.45, 7) is 8.19. The van der Waals surface area contributed by atoms with E-state index in [2.05, 4.69) is 41.1 Å². The fraction of sp³-hybridized carbons (Fsp3) is 0.409. The lowest BCUT2D eigenvalue weighted by atomic mass is 10.0. The molecule has 5 nitrogen and oxygen atoms in total. The highest BCUT2D eigenvalue weighted by molar-refractivity contribution is 5.93. The van der Waals surface area contributed by atoms with Crippen molar-refractivity contribution in [3.63, 3.8) is 0 Å². The summed E-state index contributed by atoms with van der Waals surface area (Å²) in [7, 11) is 1.70. The zero-order chi connectivity index (χ0) is 19.2. The molecule has 2 aromatic rings. The molecule has 0 bridgehead atoms. The maximum absolute atomic E-state index is 12.5. The Kier molecular flexibility index (Phi) is 6.35. The molecular weight excluding hydrogens is 338 g/mol. The number of carbonyl (C=O) groups is 1. The first kappa shape index (κ1) is 19.2. The van der Waals surface area contributed by atoms with E-state index in [9.17, 15) is 4.79 Å². The largest absolute Gasteiger partial charge is 0.495 e. The number of ether oxygens (including phenoxy) is 1. The van der Waals surface area contributed by atoms with Gasteiger partial charge in [-0.25, -0.2) is 0 Å². The van der Waals surface area contributed by atoms with Crippen LogP contribution in [0.1, 0.15) is 25.3 Å². The molecule has 27 heavy (non-hydrogen) atoms. The quantitative estimate of drug-likeness (QED) is 0.848. The lowest BCUT2D eigenvalue weighted by molar-refractivity contribution is -0.117. The van der Waals surface area contributed by atoms with Crippen molar-refractivity contribution in [2.75, 3.05) is 50.1 Å². The van der Waals surface area contributed by atoms with E-state index >= 15 is 0 Å². The minimum atomic E-state index is 0.0499. The molecule has 144 valence electrons. The number of rotatable bonds is 6. The molecule has 1 N–H and O–H groups in total. The maximum Gasteiger partial charge on any atom is 0.238 e. The topological polar surface area (TPSA) is 44.8 Å².